The summed E-state index contributed by atoms with van der Waals surface area (Å²) >= 11 is 0. The number of hydrogen-bond acceptors (Lipinski definition) is 1. The van der Waals surface area contributed by atoms with Gasteiger partial charge in [0.15, 0.2) is 0 Å². The maximum atomic E-state index is 6.10. The van der Waals surface area contributed by atoms with Gasteiger partial charge in [0.1, 0.15) is 0 Å². The van der Waals surface area contributed by atoms with Crippen LogP contribution in [0.2, 0.25) is 0 Å². The van der Waals surface area contributed by atoms with E-state index in [1.54, 1.807) is 0 Å². The van der Waals surface area contributed by atoms with Crippen molar-refractivity contribution in [3.8, 4) is 0 Å². The lowest BCUT2D eigenvalue weighted by molar-refractivity contribution is 0.00540. The van der Waals surface area contributed by atoms with Crippen LogP contribution in [0.4, 0.5) is 0 Å². The lowest BCUT2D eigenvalue weighted by atomic mass is 9.70. The fraction of sp³-hybridized carbons (Fsp3) is 0.913. The Kier molecular flexibility index (Phi) is 10.1. The van der Waals surface area contributed by atoms with Gasteiger partial charge < -0.3 is 4.74 Å². The minimum absolute atomic E-state index is 0.584. The second-order valence-electron chi connectivity index (χ2n) is 8.40. The van der Waals surface area contributed by atoms with Gasteiger partial charge in [-0.05, 0) is 82.5 Å². The van der Waals surface area contributed by atoms with Crippen LogP contribution in [0.25, 0.3) is 0 Å². The van der Waals surface area contributed by atoms with Gasteiger partial charge in [-0.1, -0.05) is 51.2 Å². The van der Waals surface area contributed by atoms with E-state index >= 15 is 0 Å². The molecule has 0 aromatic carbocycles. The Labute approximate surface area is 151 Å². The molecule has 0 aliphatic heterocycles. The van der Waals surface area contributed by atoms with Gasteiger partial charge in [-0.15, -0.1) is 0 Å². The van der Waals surface area contributed by atoms with Gasteiger partial charge in [-0.2, -0.15) is 0 Å². The quantitative estimate of drug-likeness (QED) is 0.301. The van der Waals surface area contributed by atoms with Crippen LogP contribution in [-0.2, 0) is 4.74 Å². The van der Waals surface area contributed by atoms with Crippen LogP contribution in [0.1, 0.15) is 104 Å². The molecule has 2 aliphatic rings. The lowest BCUT2D eigenvalue weighted by Gasteiger charge is -2.38. The van der Waals surface area contributed by atoms with Crippen LogP contribution < -0.4 is 0 Å². The molecule has 1 nitrogen and oxygen atoms in total. The molecule has 2 aliphatic carbocycles. The molecule has 0 bridgehead atoms. The summed E-state index contributed by atoms with van der Waals surface area (Å²) in [6.07, 6.45) is 24.7. The highest BCUT2D eigenvalue weighted by Gasteiger charge is 2.30. The first-order chi connectivity index (χ1) is 11.8. The summed E-state index contributed by atoms with van der Waals surface area (Å²) in [5.41, 5.74) is 0. The predicted molar refractivity (Wildman–Crippen MR) is 105 cm³/mol. The molecule has 0 amide bonds. The summed E-state index contributed by atoms with van der Waals surface area (Å²) in [6.45, 7) is 5.40. The van der Waals surface area contributed by atoms with Crippen molar-refractivity contribution in [2.24, 2.45) is 17.8 Å². The molecule has 0 atom stereocenters. The van der Waals surface area contributed by atoms with Crippen molar-refractivity contribution in [3.05, 3.63) is 12.2 Å². The molecule has 0 aromatic rings. The molecule has 0 saturated heterocycles. The van der Waals surface area contributed by atoms with Crippen LogP contribution in [0.3, 0.4) is 0 Å². The molecule has 1 heteroatoms. The Bertz CT molecular complexity index is 319. The van der Waals surface area contributed by atoms with Crippen molar-refractivity contribution >= 4 is 0 Å². The smallest absolute Gasteiger partial charge is 0.0575 e. The van der Waals surface area contributed by atoms with Gasteiger partial charge >= 0.3 is 0 Å². The summed E-state index contributed by atoms with van der Waals surface area (Å²) in [4.78, 5) is 0. The van der Waals surface area contributed by atoms with Gasteiger partial charge in [-0.25, -0.2) is 0 Å². The molecule has 24 heavy (non-hydrogen) atoms. The highest BCUT2D eigenvalue weighted by atomic mass is 16.5. The molecule has 140 valence electrons. The zero-order valence-electron chi connectivity index (χ0n) is 16.5. The fourth-order valence-electron chi connectivity index (χ4n) is 4.97. The molecule has 0 unspecified atom stereocenters. The van der Waals surface area contributed by atoms with Crippen molar-refractivity contribution in [1.82, 2.24) is 0 Å². The standard InChI is InChI=1S/C23H42O/c1-3-5-7-8-10-20-11-13-21(14-12-20)22-15-17-23(18-16-22)24-19-9-6-4-2/h3,5,20-23H,4,6-19H2,1-2H3/b5-3-/t20-,21-,22-,23-. The third-order valence-corrected chi connectivity index (χ3v) is 6.60. The first-order valence-electron chi connectivity index (χ1n) is 11.1. The van der Waals surface area contributed by atoms with E-state index in [9.17, 15) is 0 Å². The Morgan fingerprint density at radius 2 is 1.50 bits per heavy atom. The molecule has 0 heterocycles. The number of allylic oxidation sites excluding steroid dienone is 2. The van der Waals surface area contributed by atoms with Gasteiger partial charge in [0, 0.05) is 6.61 Å². The molecule has 0 N–H and O–H groups in total. The number of ether oxygens (including phenoxy) is 1. The topological polar surface area (TPSA) is 9.23 Å². The van der Waals surface area contributed by atoms with Gasteiger partial charge in [0.25, 0.3) is 0 Å². The van der Waals surface area contributed by atoms with Gasteiger partial charge in [-0.3, -0.25) is 0 Å². The first kappa shape index (κ1) is 20.0. The summed E-state index contributed by atoms with van der Waals surface area (Å²) in [7, 11) is 0. The second kappa shape index (κ2) is 12.1. The Morgan fingerprint density at radius 1 is 0.833 bits per heavy atom. The third-order valence-electron chi connectivity index (χ3n) is 6.60. The van der Waals surface area contributed by atoms with E-state index in [2.05, 4.69) is 26.0 Å². The molecule has 0 spiro atoms. The fourth-order valence-corrected chi connectivity index (χ4v) is 4.97. The van der Waals surface area contributed by atoms with E-state index < -0.39 is 0 Å². The average molecular weight is 335 g/mol. The molecule has 2 fully saturated rings. The van der Waals surface area contributed by atoms with Crippen molar-refractivity contribution < 1.29 is 4.74 Å². The van der Waals surface area contributed by atoms with Crippen LogP contribution in [0, 0.1) is 17.8 Å². The molecule has 2 rings (SSSR count). The van der Waals surface area contributed by atoms with Gasteiger partial charge in [0.05, 0.1) is 6.10 Å². The number of hydrogen-bond donors (Lipinski definition) is 0. The van der Waals surface area contributed by atoms with E-state index in [0.717, 1.165) is 24.4 Å². The normalized spacial score (nSPS) is 31.6. The summed E-state index contributed by atoms with van der Waals surface area (Å²) < 4.78 is 6.10. The summed E-state index contributed by atoms with van der Waals surface area (Å²) in [5.74, 6) is 3.09. The maximum Gasteiger partial charge on any atom is 0.0575 e. The maximum absolute atomic E-state index is 6.10. The minimum atomic E-state index is 0.584. The zero-order valence-corrected chi connectivity index (χ0v) is 16.5. The van der Waals surface area contributed by atoms with Gasteiger partial charge in [0.2, 0.25) is 0 Å². The van der Waals surface area contributed by atoms with E-state index in [4.69, 9.17) is 4.74 Å². The first-order valence-corrected chi connectivity index (χ1v) is 11.1. The van der Waals surface area contributed by atoms with Crippen molar-refractivity contribution in [2.45, 2.75) is 110 Å². The minimum Gasteiger partial charge on any atom is -0.378 e. The molecular weight excluding hydrogens is 292 g/mol. The van der Waals surface area contributed by atoms with E-state index in [1.807, 2.05) is 0 Å². The van der Waals surface area contributed by atoms with Crippen LogP contribution >= 0.6 is 0 Å². The van der Waals surface area contributed by atoms with Crippen LogP contribution in [-0.4, -0.2) is 12.7 Å². The summed E-state index contributed by atoms with van der Waals surface area (Å²) in [6, 6.07) is 0. The number of rotatable bonds is 10. The molecule has 2 saturated carbocycles. The molecule has 0 aromatic heterocycles. The Balaban J connectivity index is 1.55. The number of unbranched alkanes of at least 4 members (excludes halogenated alkanes) is 3. The SMILES string of the molecule is C/C=C\CCC[C@H]1CC[C@H]([C@H]2CC[C@H](OCCCCC)CC2)CC1. The van der Waals surface area contributed by atoms with Crippen molar-refractivity contribution in [1.29, 1.82) is 0 Å². The predicted octanol–water partition coefficient (Wildman–Crippen LogP) is 7.30. The highest BCUT2D eigenvalue weighted by molar-refractivity contribution is 4.83. The second-order valence-corrected chi connectivity index (χ2v) is 8.40. The van der Waals surface area contributed by atoms with Crippen molar-refractivity contribution in [2.75, 3.05) is 6.61 Å². The lowest BCUT2D eigenvalue weighted by Crippen LogP contribution is -2.28. The highest BCUT2D eigenvalue weighted by Crippen LogP contribution is 2.41. The largest absolute Gasteiger partial charge is 0.378 e. The zero-order chi connectivity index (χ0) is 17.0. The molecule has 0 radical (unpaired) electrons. The van der Waals surface area contributed by atoms with E-state index in [1.165, 1.54) is 89.9 Å². The monoisotopic (exact) mass is 334 g/mol. The van der Waals surface area contributed by atoms with Crippen LogP contribution in [0.5, 0.6) is 0 Å². The van der Waals surface area contributed by atoms with Crippen molar-refractivity contribution in [3.63, 3.8) is 0 Å². The summed E-state index contributed by atoms with van der Waals surface area (Å²) in [5, 5.41) is 0. The Hall–Kier alpha value is -0.300. The third kappa shape index (κ3) is 7.30. The Morgan fingerprint density at radius 3 is 2.12 bits per heavy atom. The molecular formula is C23H42O. The van der Waals surface area contributed by atoms with E-state index in [-0.39, 0.29) is 0 Å². The van der Waals surface area contributed by atoms with Crippen LogP contribution in [0.15, 0.2) is 12.2 Å². The average Bonchev–Trinajstić information content (AvgIpc) is 2.64. The van der Waals surface area contributed by atoms with E-state index in [0.29, 0.717) is 6.10 Å².